The van der Waals surface area contributed by atoms with Crippen LogP contribution in [0.15, 0.2) is 188 Å². The number of halogens is 1. The van der Waals surface area contributed by atoms with Crippen LogP contribution in [-0.2, 0) is 0 Å². The van der Waals surface area contributed by atoms with E-state index in [2.05, 4.69) is 138 Å². The first-order chi connectivity index (χ1) is 25.8. The molecular formula is C49H31FN2. The predicted octanol–water partition coefficient (Wildman–Crippen LogP) is 12.4. The van der Waals surface area contributed by atoms with Crippen molar-refractivity contribution < 1.29 is 4.39 Å². The van der Waals surface area contributed by atoms with E-state index in [4.69, 9.17) is 4.98 Å². The minimum absolute atomic E-state index is 0.286. The molecule has 0 radical (unpaired) electrons. The molecule has 0 spiro atoms. The lowest BCUT2D eigenvalue weighted by Gasteiger charge is -2.42. The van der Waals surface area contributed by atoms with Crippen LogP contribution < -0.4 is 4.90 Å². The van der Waals surface area contributed by atoms with E-state index in [0.29, 0.717) is 0 Å². The number of nitrogens with zero attached hydrogens (tertiary/aromatic N) is 2. The van der Waals surface area contributed by atoms with Crippen LogP contribution in [0.1, 0.15) is 33.4 Å². The van der Waals surface area contributed by atoms with Crippen molar-refractivity contribution in [3.05, 3.63) is 227 Å². The highest BCUT2D eigenvalue weighted by Crippen LogP contribution is 2.57. The van der Waals surface area contributed by atoms with Gasteiger partial charge in [0.05, 0.1) is 17.1 Å². The van der Waals surface area contributed by atoms with Crippen molar-refractivity contribution in [2.45, 2.75) is 0 Å². The van der Waals surface area contributed by atoms with Gasteiger partial charge in [-0.1, -0.05) is 176 Å². The second-order valence-electron chi connectivity index (χ2n) is 13.2. The fraction of sp³-hybridized carbons (Fsp3) is 0. The highest BCUT2D eigenvalue weighted by atomic mass is 19.1. The van der Waals surface area contributed by atoms with Gasteiger partial charge in [0, 0.05) is 33.2 Å². The molecule has 0 bridgehead atoms. The molecule has 7 aromatic carbocycles. The Hall–Kier alpha value is -6.84. The van der Waals surface area contributed by atoms with Gasteiger partial charge in [0.15, 0.2) is 0 Å². The van der Waals surface area contributed by atoms with E-state index in [9.17, 15) is 0 Å². The van der Waals surface area contributed by atoms with Crippen molar-refractivity contribution >= 4 is 39.1 Å². The van der Waals surface area contributed by atoms with Gasteiger partial charge in [-0.25, -0.2) is 9.37 Å². The minimum Gasteiger partial charge on any atom is -0.292 e. The molecule has 244 valence electrons. The smallest absolute Gasteiger partial charge is 0.146 e. The Morgan fingerprint density at radius 1 is 0.404 bits per heavy atom. The lowest BCUT2D eigenvalue weighted by molar-refractivity contribution is 0.629. The number of fused-ring (bicyclic) bond motifs is 4. The number of benzene rings is 7. The Morgan fingerprint density at radius 3 is 1.44 bits per heavy atom. The molecule has 8 aromatic rings. The van der Waals surface area contributed by atoms with Crippen LogP contribution >= 0.6 is 0 Å². The molecule has 0 atom stereocenters. The van der Waals surface area contributed by atoms with Gasteiger partial charge >= 0.3 is 0 Å². The van der Waals surface area contributed by atoms with E-state index < -0.39 is 0 Å². The molecule has 0 aliphatic carbocycles. The third-order valence-corrected chi connectivity index (χ3v) is 10.2. The van der Waals surface area contributed by atoms with Gasteiger partial charge < -0.3 is 0 Å². The molecule has 2 aliphatic heterocycles. The topological polar surface area (TPSA) is 16.1 Å². The predicted molar refractivity (Wildman–Crippen MR) is 213 cm³/mol. The summed E-state index contributed by atoms with van der Waals surface area (Å²) in [5.74, 6) is 0.492. The summed E-state index contributed by atoms with van der Waals surface area (Å²) in [4.78, 5) is 8.10. The van der Waals surface area contributed by atoms with Gasteiger partial charge in [-0.05, 0) is 50.9 Å². The molecule has 0 amide bonds. The van der Waals surface area contributed by atoms with Crippen molar-refractivity contribution in [3.8, 4) is 22.4 Å². The van der Waals surface area contributed by atoms with E-state index in [1.807, 2.05) is 42.5 Å². The van der Waals surface area contributed by atoms with Crippen LogP contribution in [-0.4, -0.2) is 4.98 Å². The van der Waals surface area contributed by atoms with Gasteiger partial charge in [-0.3, -0.25) is 4.90 Å². The number of hydrogen-bond donors (Lipinski definition) is 0. The summed E-state index contributed by atoms with van der Waals surface area (Å²) in [6.45, 7) is 0. The van der Waals surface area contributed by atoms with Crippen LogP contribution in [0.25, 0.3) is 55.7 Å². The molecule has 3 heterocycles. The summed E-state index contributed by atoms with van der Waals surface area (Å²) in [5, 5.41) is 1.74. The molecule has 52 heavy (non-hydrogen) atoms. The fourth-order valence-electron chi connectivity index (χ4n) is 8.08. The number of pyridine rings is 1. The average Bonchev–Trinajstić information content (AvgIpc) is 3.21. The average molecular weight is 667 g/mol. The van der Waals surface area contributed by atoms with E-state index in [1.165, 1.54) is 0 Å². The zero-order valence-electron chi connectivity index (χ0n) is 28.2. The number of anilines is 1. The van der Waals surface area contributed by atoms with Gasteiger partial charge in [-0.2, -0.15) is 0 Å². The Kier molecular flexibility index (Phi) is 7.04. The fourth-order valence-corrected chi connectivity index (χ4v) is 8.08. The normalized spacial score (nSPS) is 13.3. The first-order valence-corrected chi connectivity index (χ1v) is 17.6. The molecule has 1 aromatic heterocycles. The van der Waals surface area contributed by atoms with Crippen molar-refractivity contribution in [2.75, 3.05) is 4.90 Å². The summed E-state index contributed by atoms with van der Waals surface area (Å²) in [6.07, 6.45) is 0. The zero-order chi connectivity index (χ0) is 34.6. The van der Waals surface area contributed by atoms with Crippen molar-refractivity contribution in [3.63, 3.8) is 0 Å². The lowest BCUT2D eigenvalue weighted by Crippen LogP contribution is -2.30. The molecule has 2 aliphatic rings. The van der Waals surface area contributed by atoms with Gasteiger partial charge in [0.25, 0.3) is 0 Å². The molecule has 0 saturated heterocycles. The van der Waals surface area contributed by atoms with E-state index in [0.717, 1.165) is 94.9 Å². The Bertz CT molecular complexity index is 2700. The van der Waals surface area contributed by atoms with Crippen molar-refractivity contribution in [1.82, 2.24) is 4.98 Å². The van der Waals surface area contributed by atoms with E-state index in [1.54, 1.807) is 12.1 Å². The Balaban J connectivity index is 1.46. The standard InChI is InChI=1S/C49H31FN2/c50-37-30-40-42(32-18-6-1-7-19-32)46(35-24-12-4-13-25-35)51-49-45(40)41(31-37)44(34-22-10-3-11-23-34)48-39-29-17-16-28-38(39)43(33-20-8-2-9-21-33)47(52(48)49)36-26-14-5-15-27-36/h1-31H. The number of aromatic nitrogens is 1. The van der Waals surface area contributed by atoms with E-state index in [-0.39, 0.29) is 5.82 Å². The zero-order valence-corrected chi connectivity index (χ0v) is 28.2. The summed E-state index contributed by atoms with van der Waals surface area (Å²) in [7, 11) is 0. The third kappa shape index (κ3) is 4.67. The van der Waals surface area contributed by atoms with Gasteiger partial charge in [0.1, 0.15) is 11.6 Å². The van der Waals surface area contributed by atoms with Gasteiger partial charge in [-0.15, -0.1) is 0 Å². The van der Waals surface area contributed by atoms with E-state index >= 15 is 4.39 Å². The van der Waals surface area contributed by atoms with Crippen LogP contribution in [0, 0.1) is 5.82 Å². The first-order valence-electron chi connectivity index (χ1n) is 17.6. The Labute approximate surface area is 302 Å². The monoisotopic (exact) mass is 666 g/mol. The second kappa shape index (κ2) is 12.2. The summed E-state index contributed by atoms with van der Waals surface area (Å²) >= 11 is 0. The minimum atomic E-state index is -0.286. The highest BCUT2D eigenvalue weighted by Gasteiger charge is 2.40. The highest BCUT2D eigenvalue weighted by molar-refractivity contribution is 6.27. The SMILES string of the molecule is Fc1cc2c3c(nc(-c4ccccc4)c(-c4ccccc4)c3c1)N1C(c3ccccc3)=C(c3ccccc3)c3ccccc3C1=C2c1ccccc1. The molecule has 0 unspecified atom stereocenters. The number of hydrogen-bond acceptors (Lipinski definition) is 2. The summed E-state index contributed by atoms with van der Waals surface area (Å²) in [6, 6.07) is 64.2. The second-order valence-corrected chi connectivity index (χ2v) is 13.2. The maximum Gasteiger partial charge on any atom is 0.146 e. The van der Waals surface area contributed by atoms with Crippen LogP contribution in [0.5, 0.6) is 0 Å². The first kappa shape index (κ1) is 30.0. The molecule has 0 N–H and O–H groups in total. The van der Waals surface area contributed by atoms with Crippen molar-refractivity contribution in [1.29, 1.82) is 0 Å². The quantitative estimate of drug-likeness (QED) is 0.182. The molecule has 3 heteroatoms. The maximum atomic E-state index is 16.4. The molecule has 10 rings (SSSR count). The Morgan fingerprint density at radius 2 is 0.865 bits per heavy atom. The summed E-state index contributed by atoms with van der Waals surface area (Å²) < 4.78 is 16.4. The number of rotatable bonds is 5. The molecular weight excluding hydrogens is 636 g/mol. The van der Waals surface area contributed by atoms with Crippen LogP contribution in [0.3, 0.4) is 0 Å². The molecule has 0 saturated carbocycles. The lowest BCUT2D eigenvalue weighted by atomic mass is 9.78. The largest absolute Gasteiger partial charge is 0.292 e. The van der Waals surface area contributed by atoms with Crippen molar-refractivity contribution in [2.24, 2.45) is 0 Å². The maximum absolute atomic E-state index is 16.4. The molecule has 0 fully saturated rings. The summed E-state index contributed by atoms with van der Waals surface area (Å²) in [5.41, 5.74) is 14.0. The van der Waals surface area contributed by atoms with Crippen LogP contribution in [0.2, 0.25) is 0 Å². The van der Waals surface area contributed by atoms with Crippen LogP contribution in [0.4, 0.5) is 10.2 Å². The third-order valence-electron chi connectivity index (χ3n) is 10.2. The molecule has 2 nitrogen and oxygen atoms in total. The van der Waals surface area contributed by atoms with Gasteiger partial charge in [0.2, 0.25) is 0 Å².